The first kappa shape index (κ1) is 18.9. The van der Waals surface area contributed by atoms with Crippen LogP contribution in [0.2, 0.25) is 0 Å². The van der Waals surface area contributed by atoms with Crippen LogP contribution in [0.4, 0.5) is 0 Å². The van der Waals surface area contributed by atoms with Crippen molar-refractivity contribution in [2.45, 2.75) is 56.7 Å². The molecule has 0 saturated carbocycles. The number of nitrogens with zero attached hydrogens (tertiary/aromatic N) is 3. The van der Waals surface area contributed by atoms with Gasteiger partial charge in [-0.05, 0) is 51.4 Å². The maximum absolute atomic E-state index is 13.6. The van der Waals surface area contributed by atoms with E-state index in [1.165, 1.54) is 25.0 Å². The number of aromatic nitrogens is 2. The predicted octanol–water partition coefficient (Wildman–Crippen LogP) is 2.99. The third-order valence-electron chi connectivity index (χ3n) is 6.66. The Morgan fingerprint density at radius 1 is 1.14 bits per heavy atom. The number of hydrogen-bond acceptors (Lipinski definition) is 4. The second-order valence-corrected chi connectivity index (χ2v) is 8.29. The van der Waals surface area contributed by atoms with Crippen LogP contribution in [0.3, 0.4) is 0 Å². The van der Waals surface area contributed by atoms with Crippen LogP contribution in [0.5, 0.6) is 0 Å². The quantitative estimate of drug-likeness (QED) is 0.870. The molecule has 6 heteroatoms. The molecule has 3 heterocycles. The Morgan fingerprint density at radius 2 is 1.93 bits per heavy atom. The lowest BCUT2D eigenvalue weighted by atomic mass is 9.84. The molecule has 2 aliphatic heterocycles. The van der Waals surface area contributed by atoms with Gasteiger partial charge < -0.3 is 4.90 Å². The van der Waals surface area contributed by atoms with Crippen LogP contribution in [0.1, 0.15) is 61.1 Å². The molecule has 1 aromatic carbocycles. The van der Waals surface area contributed by atoms with E-state index in [0.29, 0.717) is 5.69 Å². The standard InChI is InChI=1S/C22H28N4O2/c1-22-15-18(16-9-5-3-6-10-16)26(19(22)11-7-4-8-14-25(22)2)21(28)17-12-13-20(27)24-23-17/h3,5-6,9-10,12-13,18-19H,4,7-8,11,14-15H2,1-2H3,(H,24,27)/t18-,19-,22-/m0/s1. The molecule has 28 heavy (non-hydrogen) atoms. The molecule has 0 radical (unpaired) electrons. The molecule has 0 unspecified atom stereocenters. The smallest absolute Gasteiger partial charge is 0.275 e. The summed E-state index contributed by atoms with van der Waals surface area (Å²) in [6.45, 7) is 3.35. The highest BCUT2D eigenvalue weighted by atomic mass is 16.2. The van der Waals surface area contributed by atoms with Crippen molar-refractivity contribution < 1.29 is 4.79 Å². The highest BCUT2D eigenvalue weighted by Gasteiger charge is 2.53. The summed E-state index contributed by atoms with van der Waals surface area (Å²) in [5, 5.41) is 6.44. The molecule has 2 aromatic rings. The van der Waals surface area contributed by atoms with E-state index in [4.69, 9.17) is 0 Å². The zero-order chi connectivity index (χ0) is 19.7. The van der Waals surface area contributed by atoms with Gasteiger partial charge in [-0.2, -0.15) is 5.10 Å². The summed E-state index contributed by atoms with van der Waals surface area (Å²) in [6.07, 6.45) is 5.39. The minimum atomic E-state index is -0.298. The van der Waals surface area contributed by atoms with Gasteiger partial charge in [0, 0.05) is 11.6 Å². The van der Waals surface area contributed by atoms with E-state index < -0.39 is 0 Å². The topological polar surface area (TPSA) is 69.3 Å². The summed E-state index contributed by atoms with van der Waals surface area (Å²) >= 11 is 0. The lowest BCUT2D eigenvalue weighted by molar-refractivity contribution is 0.0447. The third kappa shape index (κ3) is 3.26. The van der Waals surface area contributed by atoms with Gasteiger partial charge in [-0.15, -0.1) is 0 Å². The summed E-state index contributed by atoms with van der Waals surface area (Å²) < 4.78 is 0. The van der Waals surface area contributed by atoms with E-state index >= 15 is 0 Å². The number of carbonyl (C=O) groups is 1. The number of nitrogens with one attached hydrogen (secondary N) is 1. The van der Waals surface area contributed by atoms with Crippen molar-refractivity contribution in [1.29, 1.82) is 0 Å². The third-order valence-corrected chi connectivity index (χ3v) is 6.66. The molecule has 1 amide bonds. The predicted molar refractivity (Wildman–Crippen MR) is 108 cm³/mol. The molecule has 2 fully saturated rings. The molecule has 6 nitrogen and oxygen atoms in total. The van der Waals surface area contributed by atoms with Crippen molar-refractivity contribution in [3.63, 3.8) is 0 Å². The Kier molecular flexibility index (Phi) is 5.06. The van der Waals surface area contributed by atoms with Gasteiger partial charge in [-0.3, -0.25) is 14.5 Å². The van der Waals surface area contributed by atoms with Gasteiger partial charge in [0.05, 0.1) is 12.1 Å². The number of H-pyrrole nitrogens is 1. The summed E-state index contributed by atoms with van der Waals surface area (Å²) in [6, 6.07) is 13.3. The molecule has 0 aliphatic carbocycles. The van der Waals surface area contributed by atoms with E-state index in [1.807, 2.05) is 23.1 Å². The Bertz CT molecular complexity index is 876. The first-order valence-electron chi connectivity index (χ1n) is 10.2. The number of aromatic amines is 1. The lowest BCUT2D eigenvalue weighted by Gasteiger charge is -2.43. The van der Waals surface area contributed by atoms with E-state index in [0.717, 1.165) is 31.4 Å². The summed E-state index contributed by atoms with van der Waals surface area (Å²) in [5.74, 6) is -0.104. The summed E-state index contributed by atoms with van der Waals surface area (Å²) in [5.41, 5.74) is 1.07. The van der Waals surface area contributed by atoms with E-state index in [-0.39, 0.29) is 29.1 Å². The second-order valence-electron chi connectivity index (χ2n) is 8.29. The summed E-state index contributed by atoms with van der Waals surface area (Å²) in [7, 11) is 2.19. The fourth-order valence-corrected chi connectivity index (χ4v) is 4.95. The average Bonchev–Trinajstić information content (AvgIpc) is 3.00. The van der Waals surface area contributed by atoms with Gasteiger partial charge in [0.2, 0.25) is 0 Å². The van der Waals surface area contributed by atoms with Gasteiger partial charge in [0.1, 0.15) is 5.69 Å². The Balaban J connectivity index is 1.78. The largest absolute Gasteiger partial charge is 0.325 e. The van der Waals surface area contributed by atoms with Crippen molar-refractivity contribution in [2.75, 3.05) is 13.6 Å². The molecule has 2 aliphatic rings. The molecule has 4 rings (SSSR count). The minimum absolute atomic E-state index is 0.00187. The van der Waals surface area contributed by atoms with Crippen LogP contribution < -0.4 is 5.56 Å². The average molecular weight is 380 g/mol. The van der Waals surface area contributed by atoms with Crippen LogP contribution in [0, 0.1) is 0 Å². The summed E-state index contributed by atoms with van der Waals surface area (Å²) in [4.78, 5) is 29.5. The van der Waals surface area contributed by atoms with E-state index in [2.05, 4.69) is 41.2 Å². The van der Waals surface area contributed by atoms with Crippen molar-refractivity contribution in [2.24, 2.45) is 0 Å². The van der Waals surface area contributed by atoms with Crippen LogP contribution >= 0.6 is 0 Å². The number of rotatable bonds is 2. The van der Waals surface area contributed by atoms with Crippen LogP contribution in [-0.2, 0) is 0 Å². The SMILES string of the molecule is CN1CCCCC[C@@H]2N(C(=O)c3ccc(=O)[nH]n3)[C@H](c3ccccc3)C[C@@]21C. The normalized spacial score (nSPS) is 28.4. The minimum Gasteiger partial charge on any atom is -0.325 e. The molecular weight excluding hydrogens is 352 g/mol. The number of likely N-dealkylation sites (N-methyl/N-ethyl adjacent to an activating group) is 1. The molecule has 3 atom stereocenters. The number of hydrogen-bond donors (Lipinski definition) is 1. The first-order valence-corrected chi connectivity index (χ1v) is 10.2. The number of amides is 1. The number of carbonyl (C=O) groups excluding carboxylic acids is 1. The molecule has 2 saturated heterocycles. The van der Waals surface area contributed by atoms with Gasteiger partial charge in [-0.25, -0.2) is 5.10 Å². The van der Waals surface area contributed by atoms with Crippen LogP contribution in [-0.4, -0.2) is 51.1 Å². The van der Waals surface area contributed by atoms with Crippen LogP contribution in [0.25, 0.3) is 0 Å². The van der Waals surface area contributed by atoms with Crippen molar-refractivity contribution in [1.82, 2.24) is 20.0 Å². The lowest BCUT2D eigenvalue weighted by Crippen LogP contribution is -2.55. The Hall–Kier alpha value is -2.47. The molecule has 148 valence electrons. The van der Waals surface area contributed by atoms with Gasteiger partial charge in [0.15, 0.2) is 0 Å². The number of likely N-dealkylation sites (tertiary alicyclic amines) is 2. The van der Waals surface area contributed by atoms with Crippen molar-refractivity contribution in [3.8, 4) is 0 Å². The van der Waals surface area contributed by atoms with E-state index in [9.17, 15) is 9.59 Å². The molecular formula is C22H28N4O2. The van der Waals surface area contributed by atoms with Gasteiger partial charge in [0.25, 0.3) is 11.5 Å². The van der Waals surface area contributed by atoms with Crippen molar-refractivity contribution >= 4 is 5.91 Å². The van der Waals surface area contributed by atoms with Gasteiger partial charge in [-0.1, -0.05) is 43.2 Å². The molecule has 0 bridgehead atoms. The second kappa shape index (κ2) is 7.51. The number of benzene rings is 1. The maximum atomic E-state index is 13.6. The van der Waals surface area contributed by atoms with Crippen LogP contribution in [0.15, 0.2) is 47.3 Å². The fraction of sp³-hybridized carbons (Fsp3) is 0.500. The van der Waals surface area contributed by atoms with Gasteiger partial charge >= 0.3 is 0 Å². The fourth-order valence-electron chi connectivity index (χ4n) is 4.95. The highest BCUT2D eigenvalue weighted by molar-refractivity contribution is 5.93. The van der Waals surface area contributed by atoms with E-state index in [1.54, 1.807) is 0 Å². The zero-order valence-electron chi connectivity index (χ0n) is 16.6. The highest BCUT2D eigenvalue weighted by Crippen LogP contribution is 2.48. The Labute approximate surface area is 165 Å². The monoisotopic (exact) mass is 380 g/mol. The molecule has 1 aromatic heterocycles. The maximum Gasteiger partial charge on any atom is 0.275 e. The molecule has 1 N–H and O–H groups in total. The Morgan fingerprint density at radius 3 is 2.64 bits per heavy atom. The number of fused-ring (bicyclic) bond motifs is 1. The first-order chi connectivity index (χ1) is 13.5. The molecule has 0 spiro atoms. The van der Waals surface area contributed by atoms with Crippen molar-refractivity contribution in [3.05, 3.63) is 64.1 Å². The zero-order valence-corrected chi connectivity index (χ0v) is 16.6.